The number of hydrogen-bond donors (Lipinski definition) is 3. The van der Waals surface area contributed by atoms with E-state index in [2.05, 4.69) is 27.8 Å². The molecule has 29 heavy (non-hydrogen) atoms. The molecule has 0 aliphatic carbocycles. The van der Waals surface area contributed by atoms with Crippen LogP contribution in [0.15, 0.2) is 65.7 Å². The Morgan fingerprint density at radius 3 is 2.38 bits per heavy atom. The number of aliphatic hydroxyl groups excluding tert-OH is 1. The van der Waals surface area contributed by atoms with Crippen LogP contribution in [-0.2, 0) is 11.3 Å². The minimum atomic E-state index is -0.460. The van der Waals surface area contributed by atoms with Crippen molar-refractivity contribution < 1.29 is 9.84 Å². The first-order valence-electron chi connectivity index (χ1n) is 10.2. The van der Waals surface area contributed by atoms with Crippen molar-refractivity contribution in [3.05, 3.63) is 71.8 Å². The predicted molar refractivity (Wildman–Crippen MR) is 131 cm³/mol. The second-order valence-electron chi connectivity index (χ2n) is 6.65. The molecule has 3 N–H and O–H groups in total. The molecular weight excluding hydrogens is 477 g/mol. The summed E-state index contributed by atoms with van der Waals surface area (Å²) in [6.07, 6.45) is 2.15. The number of unbranched alkanes of at least 4 members (excludes halogenated alkanes) is 1. The molecule has 1 unspecified atom stereocenters. The fourth-order valence-electron chi connectivity index (χ4n) is 2.78. The Kier molecular flexibility index (Phi) is 14.2. The third kappa shape index (κ3) is 11.2. The van der Waals surface area contributed by atoms with E-state index in [0.717, 1.165) is 44.1 Å². The van der Waals surface area contributed by atoms with Crippen LogP contribution in [0.5, 0.6) is 0 Å². The minimum absolute atomic E-state index is 0. The fraction of sp³-hybridized carbons (Fsp3) is 0.435. The van der Waals surface area contributed by atoms with Crippen LogP contribution in [0.3, 0.4) is 0 Å². The second-order valence-corrected chi connectivity index (χ2v) is 6.65. The molecule has 1 atom stereocenters. The summed E-state index contributed by atoms with van der Waals surface area (Å²) in [5.41, 5.74) is 2.15. The van der Waals surface area contributed by atoms with Crippen LogP contribution >= 0.6 is 24.0 Å². The second kappa shape index (κ2) is 16.2. The van der Waals surface area contributed by atoms with Gasteiger partial charge in [-0.2, -0.15) is 0 Å². The third-order valence-electron chi connectivity index (χ3n) is 4.32. The molecule has 0 aliphatic rings. The van der Waals surface area contributed by atoms with Gasteiger partial charge in [0.1, 0.15) is 0 Å². The first-order chi connectivity index (χ1) is 13.8. The molecule has 0 fully saturated rings. The lowest BCUT2D eigenvalue weighted by molar-refractivity contribution is 0.117. The molecule has 0 saturated heterocycles. The van der Waals surface area contributed by atoms with Crippen LogP contribution in [0.25, 0.3) is 0 Å². The van der Waals surface area contributed by atoms with Gasteiger partial charge in [0.2, 0.25) is 0 Å². The highest BCUT2D eigenvalue weighted by molar-refractivity contribution is 14.0. The maximum absolute atomic E-state index is 10.2. The van der Waals surface area contributed by atoms with Crippen molar-refractivity contribution in [2.45, 2.75) is 38.9 Å². The van der Waals surface area contributed by atoms with E-state index >= 15 is 0 Å². The third-order valence-corrected chi connectivity index (χ3v) is 4.32. The van der Waals surface area contributed by atoms with E-state index in [0.29, 0.717) is 19.6 Å². The molecule has 0 aliphatic heterocycles. The average molecular weight is 511 g/mol. The van der Waals surface area contributed by atoms with E-state index in [-0.39, 0.29) is 24.0 Å². The normalized spacial score (nSPS) is 12.1. The molecule has 5 nitrogen and oxygen atoms in total. The predicted octanol–water partition coefficient (Wildman–Crippen LogP) is 4.28. The van der Waals surface area contributed by atoms with Gasteiger partial charge in [-0.3, -0.25) is 4.99 Å². The summed E-state index contributed by atoms with van der Waals surface area (Å²) in [6, 6.07) is 20.0. The van der Waals surface area contributed by atoms with Crippen LogP contribution in [0.1, 0.15) is 43.4 Å². The Morgan fingerprint density at radius 1 is 1.00 bits per heavy atom. The van der Waals surface area contributed by atoms with Gasteiger partial charge >= 0.3 is 0 Å². The van der Waals surface area contributed by atoms with Crippen molar-refractivity contribution in [1.82, 2.24) is 10.6 Å². The molecule has 2 aromatic carbocycles. The number of ether oxygens (including phenoxy) is 1. The lowest BCUT2D eigenvalue weighted by Crippen LogP contribution is -2.38. The highest BCUT2D eigenvalue weighted by Gasteiger charge is 2.06. The van der Waals surface area contributed by atoms with Crippen molar-refractivity contribution in [1.29, 1.82) is 0 Å². The van der Waals surface area contributed by atoms with Crippen molar-refractivity contribution in [2.75, 3.05) is 26.2 Å². The van der Waals surface area contributed by atoms with Crippen LogP contribution < -0.4 is 10.6 Å². The number of aliphatic hydroxyl groups is 1. The molecule has 2 aromatic rings. The summed E-state index contributed by atoms with van der Waals surface area (Å²) in [5.74, 6) is 0.799. The lowest BCUT2D eigenvalue weighted by atomic mass is 10.1. The van der Waals surface area contributed by atoms with E-state index in [1.165, 1.54) is 5.56 Å². The van der Waals surface area contributed by atoms with Crippen molar-refractivity contribution in [3.8, 4) is 0 Å². The summed E-state index contributed by atoms with van der Waals surface area (Å²) in [4.78, 5) is 4.60. The standard InChI is InChI=1S/C23H33N3O2.HI/c1-2-24-23(26-17-15-22(27)21-13-7-4-8-14-21)25-16-9-10-18-28-19-20-11-5-3-6-12-20;/h3-8,11-14,22,27H,2,9-10,15-19H2,1H3,(H2,24,25,26);1H. The Balaban J connectivity index is 0.00000420. The summed E-state index contributed by atoms with van der Waals surface area (Å²) in [7, 11) is 0. The van der Waals surface area contributed by atoms with Crippen LogP contribution in [-0.4, -0.2) is 37.3 Å². The zero-order valence-electron chi connectivity index (χ0n) is 17.2. The average Bonchev–Trinajstić information content (AvgIpc) is 2.74. The minimum Gasteiger partial charge on any atom is -0.388 e. The van der Waals surface area contributed by atoms with Gasteiger partial charge in [0.05, 0.1) is 12.7 Å². The Morgan fingerprint density at radius 2 is 1.69 bits per heavy atom. The summed E-state index contributed by atoms with van der Waals surface area (Å²) in [5, 5.41) is 16.8. The van der Waals surface area contributed by atoms with E-state index < -0.39 is 6.10 Å². The molecule has 2 rings (SSSR count). The smallest absolute Gasteiger partial charge is 0.191 e. The first kappa shape index (κ1) is 25.4. The topological polar surface area (TPSA) is 65.9 Å². The maximum atomic E-state index is 10.2. The SMILES string of the molecule is CCNC(=NCCCCOCc1ccccc1)NCCC(O)c1ccccc1.I. The van der Waals surface area contributed by atoms with E-state index in [4.69, 9.17) is 4.74 Å². The molecule has 6 heteroatoms. The molecule has 0 aromatic heterocycles. The number of rotatable bonds is 12. The van der Waals surface area contributed by atoms with Gasteiger partial charge in [0, 0.05) is 26.2 Å². The quantitative estimate of drug-likeness (QED) is 0.172. The van der Waals surface area contributed by atoms with Crippen molar-refractivity contribution in [3.63, 3.8) is 0 Å². The Hall–Kier alpha value is -1.64. The first-order valence-corrected chi connectivity index (χ1v) is 10.2. The summed E-state index contributed by atoms with van der Waals surface area (Å²) in [6.45, 7) is 5.70. The Bertz CT molecular complexity index is 668. The number of aliphatic imine (C=N–C) groups is 1. The molecule has 0 heterocycles. The zero-order valence-corrected chi connectivity index (χ0v) is 19.5. The van der Waals surface area contributed by atoms with Gasteiger partial charge in [-0.1, -0.05) is 60.7 Å². The number of halogens is 1. The van der Waals surface area contributed by atoms with Crippen molar-refractivity contribution >= 4 is 29.9 Å². The van der Waals surface area contributed by atoms with Gasteiger partial charge in [-0.15, -0.1) is 24.0 Å². The zero-order chi connectivity index (χ0) is 19.9. The molecular formula is C23H34IN3O2. The molecule has 0 radical (unpaired) electrons. The van der Waals surface area contributed by atoms with Crippen LogP contribution in [0, 0.1) is 0 Å². The molecule has 0 amide bonds. The monoisotopic (exact) mass is 511 g/mol. The largest absolute Gasteiger partial charge is 0.388 e. The molecule has 0 bridgehead atoms. The van der Waals surface area contributed by atoms with Crippen molar-refractivity contribution in [2.24, 2.45) is 4.99 Å². The number of nitrogens with one attached hydrogen (secondary N) is 2. The summed E-state index contributed by atoms with van der Waals surface area (Å²) >= 11 is 0. The van der Waals surface area contributed by atoms with Gasteiger partial charge in [0.15, 0.2) is 5.96 Å². The lowest BCUT2D eigenvalue weighted by Gasteiger charge is -2.14. The number of nitrogens with zero attached hydrogens (tertiary/aromatic N) is 1. The molecule has 0 saturated carbocycles. The van der Waals surface area contributed by atoms with E-state index in [9.17, 15) is 5.11 Å². The van der Waals surface area contributed by atoms with E-state index in [1.54, 1.807) is 0 Å². The van der Waals surface area contributed by atoms with Gasteiger partial charge in [0.25, 0.3) is 0 Å². The highest BCUT2D eigenvalue weighted by atomic mass is 127. The summed E-state index contributed by atoms with van der Waals surface area (Å²) < 4.78 is 5.70. The van der Waals surface area contributed by atoms with Gasteiger partial charge in [-0.25, -0.2) is 0 Å². The molecule has 160 valence electrons. The van der Waals surface area contributed by atoms with Crippen LogP contribution in [0.2, 0.25) is 0 Å². The fourth-order valence-corrected chi connectivity index (χ4v) is 2.78. The number of guanidine groups is 1. The molecule has 0 spiro atoms. The number of benzene rings is 2. The van der Waals surface area contributed by atoms with Crippen LogP contribution in [0.4, 0.5) is 0 Å². The maximum Gasteiger partial charge on any atom is 0.191 e. The van der Waals surface area contributed by atoms with Gasteiger partial charge in [-0.05, 0) is 37.3 Å². The van der Waals surface area contributed by atoms with Gasteiger partial charge < -0.3 is 20.5 Å². The van der Waals surface area contributed by atoms with E-state index in [1.807, 2.05) is 55.5 Å². The highest BCUT2D eigenvalue weighted by Crippen LogP contribution is 2.14. The number of hydrogen-bond acceptors (Lipinski definition) is 3. The Labute approximate surface area is 192 Å².